The number of aromatic nitrogens is 1. The molecule has 2 rings (SSSR count). The predicted molar refractivity (Wildman–Crippen MR) is 57.1 cm³/mol. The van der Waals surface area contributed by atoms with Crippen molar-refractivity contribution in [2.45, 2.75) is 19.5 Å². The maximum atomic E-state index is 11.8. The molecule has 1 atom stereocenters. The number of carbonyl (C=O) groups excluding carboxylic acids is 1. The summed E-state index contributed by atoms with van der Waals surface area (Å²) in [5, 5.41) is 3.14. The first kappa shape index (κ1) is 10.1. The van der Waals surface area contributed by atoms with Crippen LogP contribution in [0.25, 0.3) is 0 Å². The number of hydrogen-bond donors (Lipinski definition) is 1. The van der Waals surface area contributed by atoms with Gasteiger partial charge in [0.05, 0.1) is 18.3 Å². The van der Waals surface area contributed by atoms with Gasteiger partial charge < -0.3 is 10.2 Å². The molecule has 1 fully saturated rings. The number of hydrogen-bond acceptors (Lipinski definition) is 3. The summed E-state index contributed by atoms with van der Waals surface area (Å²) in [6.45, 7) is 4.14. The molecule has 1 aromatic heterocycles. The van der Waals surface area contributed by atoms with Crippen LogP contribution in [-0.4, -0.2) is 34.9 Å². The fraction of sp³-hybridized carbons (Fsp3) is 0.455. The van der Waals surface area contributed by atoms with Crippen LogP contribution in [0.5, 0.6) is 0 Å². The van der Waals surface area contributed by atoms with Crippen molar-refractivity contribution in [1.29, 1.82) is 0 Å². The highest BCUT2D eigenvalue weighted by Crippen LogP contribution is 2.06. The molecule has 1 unspecified atom stereocenters. The minimum absolute atomic E-state index is 0.0672. The standard InChI is InChI=1S/C11H15N3O/c1-9-11(15)14(7-6-12-9)8-10-4-2-3-5-13-10/h2-5,9,12H,6-8H2,1H3. The van der Waals surface area contributed by atoms with E-state index in [-0.39, 0.29) is 11.9 Å². The van der Waals surface area contributed by atoms with E-state index in [0.717, 1.165) is 18.8 Å². The van der Waals surface area contributed by atoms with E-state index in [1.807, 2.05) is 30.0 Å². The highest BCUT2D eigenvalue weighted by molar-refractivity contribution is 5.82. The number of rotatable bonds is 2. The first-order chi connectivity index (χ1) is 7.27. The van der Waals surface area contributed by atoms with Gasteiger partial charge >= 0.3 is 0 Å². The molecular weight excluding hydrogens is 190 g/mol. The Morgan fingerprint density at radius 3 is 3.20 bits per heavy atom. The van der Waals surface area contributed by atoms with Gasteiger partial charge in [-0.15, -0.1) is 0 Å². The van der Waals surface area contributed by atoms with Gasteiger partial charge in [-0.3, -0.25) is 9.78 Å². The van der Waals surface area contributed by atoms with Crippen LogP contribution in [0.1, 0.15) is 12.6 Å². The van der Waals surface area contributed by atoms with E-state index in [2.05, 4.69) is 10.3 Å². The third-order valence-corrected chi connectivity index (χ3v) is 2.59. The predicted octanol–water partition coefficient (Wildman–Crippen LogP) is 0.402. The number of pyridine rings is 1. The quantitative estimate of drug-likeness (QED) is 0.760. The van der Waals surface area contributed by atoms with E-state index in [1.165, 1.54) is 0 Å². The summed E-state index contributed by atoms with van der Waals surface area (Å²) in [7, 11) is 0. The summed E-state index contributed by atoms with van der Waals surface area (Å²) in [6.07, 6.45) is 1.76. The zero-order valence-electron chi connectivity index (χ0n) is 8.81. The van der Waals surface area contributed by atoms with Crippen molar-refractivity contribution in [3.8, 4) is 0 Å². The lowest BCUT2D eigenvalue weighted by atomic mass is 10.2. The third kappa shape index (κ3) is 2.33. The number of amides is 1. The van der Waals surface area contributed by atoms with Crippen LogP contribution in [0.15, 0.2) is 24.4 Å². The number of piperazine rings is 1. The average Bonchev–Trinajstić information content (AvgIpc) is 2.26. The Hall–Kier alpha value is -1.42. The van der Waals surface area contributed by atoms with Crippen molar-refractivity contribution in [3.05, 3.63) is 30.1 Å². The first-order valence-corrected chi connectivity index (χ1v) is 5.19. The largest absolute Gasteiger partial charge is 0.334 e. The Kier molecular flexibility index (Phi) is 2.97. The van der Waals surface area contributed by atoms with E-state index in [0.29, 0.717) is 6.54 Å². The molecule has 4 nitrogen and oxygen atoms in total. The topological polar surface area (TPSA) is 45.2 Å². The van der Waals surface area contributed by atoms with Crippen molar-refractivity contribution < 1.29 is 4.79 Å². The van der Waals surface area contributed by atoms with Crippen molar-refractivity contribution >= 4 is 5.91 Å². The lowest BCUT2D eigenvalue weighted by Crippen LogP contribution is -2.53. The van der Waals surface area contributed by atoms with Crippen LogP contribution in [0.2, 0.25) is 0 Å². The summed E-state index contributed by atoms with van der Waals surface area (Å²) in [5.74, 6) is 0.159. The van der Waals surface area contributed by atoms with Gasteiger partial charge in [-0.25, -0.2) is 0 Å². The summed E-state index contributed by atoms with van der Waals surface area (Å²) in [6, 6.07) is 5.70. The second kappa shape index (κ2) is 4.40. The second-order valence-corrected chi connectivity index (χ2v) is 3.76. The van der Waals surface area contributed by atoms with Gasteiger partial charge in [0.1, 0.15) is 0 Å². The molecule has 0 aliphatic carbocycles. The Morgan fingerprint density at radius 2 is 2.47 bits per heavy atom. The molecule has 1 saturated heterocycles. The van der Waals surface area contributed by atoms with Crippen LogP contribution >= 0.6 is 0 Å². The lowest BCUT2D eigenvalue weighted by Gasteiger charge is -2.31. The maximum absolute atomic E-state index is 11.8. The van der Waals surface area contributed by atoms with Crippen LogP contribution in [0.3, 0.4) is 0 Å². The number of carbonyl (C=O) groups is 1. The molecule has 0 spiro atoms. The summed E-state index contributed by atoms with van der Waals surface area (Å²) in [5.41, 5.74) is 0.944. The van der Waals surface area contributed by atoms with Crippen molar-refractivity contribution in [3.63, 3.8) is 0 Å². The average molecular weight is 205 g/mol. The SMILES string of the molecule is CC1NCCN(Cc2ccccn2)C1=O. The minimum Gasteiger partial charge on any atom is -0.334 e. The van der Waals surface area contributed by atoms with Gasteiger partial charge in [-0.1, -0.05) is 6.07 Å². The van der Waals surface area contributed by atoms with Gasteiger partial charge in [0.25, 0.3) is 0 Å². The van der Waals surface area contributed by atoms with Crippen LogP contribution in [0, 0.1) is 0 Å². The molecule has 0 saturated carbocycles. The molecule has 1 aliphatic rings. The van der Waals surface area contributed by atoms with Crippen molar-refractivity contribution in [2.75, 3.05) is 13.1 Å². The molecule has 80 valence electrons. The number of nitrogens with one attached hydrogen (secondary N) is 1. The van der Waals surface area contributed by atoms with Crippen molar-refractivity contribution in [2.24, 2.45) is 0 Å². The molecule has 4 heteroatoms. The third-order valence-electron chi connectivity index (χ3n) is 2.59. The molecule has 1 aromatic rings. The van der Waals surface area contributed by atoms with Gasteiger partial charge in [-0.05, 0) is 19.1 Å². The van der Waals surface area contributed by atoms with E-state index in [4.69, 9.17) is 0 Å². The van der Waals surface area contributed by atoms with E-state index >= 15 is 0 Å². The number of nitrogens with zero attached hydrogens (tertiary/aromatic N) is 2. The van der Waals surface area contributed by atoms with Gasteiger partial charge in [0, 0.05) is 19.3 Å². The van der Waals surface area contributed by atoms with Gasteiger partial charge in [-0.2, -0.15) is 0 Å². The Balaban J connectivity index is 2.03. The molecule has 15 heavy (non-hydrogen) atoms. The fourth-order valence-electron chi connectivity index (χ4n) is 1.73. The van der Waals surface area contributed by atoms with Crippen molar-refractivity contribution in [1.82, 2.24) is 15.2 Å². The van der Waals surface area contributed by atoms with Crippen LogP contribution < -0.4 is 5.32 Å². The Bertz CT molecular complexity index is 339. The smallest absolute Gasteiger partial charge is 0.239 e. The maximum Gasteiger partial charge on any atom is 0.239 e. The highest BCUT2D eigenvalue weighted by atomic mass is 16.2. The highest BCUT2D eigenvalue weighted by Gasteiger charge is 2.24. The fourth-order valence-corrected chi connectivity index (χ4v) is 1.73. The molecule has 0 aromatic carbocycles. The zero-order chi connectivity index (χ0) is 10.7. The molecule has 2 heterocycles. The summed E-state index contributed by atoms with van der Waals surface area (Å²) < 4.78 is 0. The van der Waals surface area contributed by atoms with Crippen LogP contribution in [0.4, 0.5) is 0 Å². The van der Waals surface area contributed by atoms with E-state index in [9.17, 15) is 4.79 Å². The van der Waals surface area contributed by atoms with Crippen LogP contribution in [-0.2, 0) is 11.3 Å². The second-order valence-electron chi connectivity index (χ2n) is 3.76. The molecule has 0 bridgehead atoms. The molecule has 1 N–H and O–H groups in total. The van der Waals surface area contributed by atoms with Gasteiger partial charge in [0.2, 0.25) is 5.91 Å². The lowest BCUT2D eigenvalue weighted by molar-refractivity contribution is -0.135. The molecule has 1 amide bonds. The normalized spacial score (nSPS) is 21.8. The molecule has 0 radical (unpaired) electrons. The minimum atomic E-state index is -0.0672. The monoisotopic (exact) mass is 205 g/mol. The molecule has 1 aliphatic heterocycles. The first-order valence-electron chi connectivity index (χ1n) is 5.19. The Morgan fingerprint density at radius 1 is 1.60 bits per heavy atom. The van der Waals surface area contributed by atoms with E-state index < -0.39 is 0 Å². The Labute approximate surface area is 89.3 Å². The van der Waals surface area contributed by atoms with Gasteiger partial charge in [0.15, 0.2) is 0 Å². The summed E-state index contributed by atoms with van der Waals surface area (Å²) >= 11 is 0. The zero-order valence-corrected chi connectivity index (χ0v) is 8.81. The summed E-state index contributed by atoms with van der Waals surface area (Å²) in [4.78, 5) is 17.8. The van der Waals surface area contributed by atoms with E-state index in [1.54, 1.807) is 6.20 Å². The molecular formula is C11H15N3O.